The predicted molar refractivity (Wildman–Crippen MR) is 71.1 cm³/mol. The van der Waals surface area contributed by atoms with Crippen molar-refractivity contribution >= 4 is 11.6 Å². The van der Waals surface area contributed by atoms with Crippen molar-refractivity contribution in [1.82, 2.24) is 4.98 Å². The van der Waals surface area contributed by atoms with Gasteiger partial charge in [-0.25, -0.2) is 0 Å². The lowest BCUT2D eigenvalue weighted by atomic mass is 10.0. The van der Waals surface area contributed by atoms with Crippen molar-refractivity contribution in [3.63, 3.8) is 0 Å². The highest BCUT2D eigenvalue weighted by atomic mass is 35.5. The van der Waals surface area contributed by atoms with Gasteiger partial charge in [-0.2, -0.15) is 0 Å². The van der Waals surface area contributed by atoms with Gasteiger partial charge in [-0.1, -0.05) is 29.8 Å². The van der Waals surface area contributed by atoms with E-state index >= 15 is 0 Å². The van der Waals surface area contributed by atoms with Crippen LogP contribution in [-0.2, 0) is 12.8 Å². The summed E-state index contributed by atoms with van der Waals surface area (Å²) in [4.78, 5) is 4.27. The minimum Gasteiger partial charge on any atom is -0.327 e. The molecule has 0 fully saturated rings. The van der Waals surface area contributed by atoms with Crippen LogP contribution in [0.5, 0.6) is 0 Å². The zero-order valence-electron chi connectivity index (χ0n) is 9.51. The fraction of sp³-hybridized carbons (Fsp3) is 0.214. The molecule has 1 aromatic heterocycles. The molecule has 2 aromatic rings. The molecule has 0 aliphatic heterocycles. The van der Waals surface area contributed by atoms with Crippen molar-refractivity contribution in [2.24, 2.45) is 5.73 Å². The second-order valence-corrected chi connectivity index (χ2v) is 4.55. The Kier molecular flexibility index (Phi) is 4.13. The maximum Gasteiger partial charge on any atom is 0.0419 e. The van der Waals surface area contributed by atoms with E-state index in [1.807, 2.05) is 42.5 Å². The molecule has 1 aromatic carbocycles. The van der Waals surface area contributed by atoms with Crippen LogP contribution in [0.3, 0.4) is 0 Å². The van der Waals surface area contributed by atoms with Crippen molar-refractivity contribution in [3.8, 4) is 0 Å². The second-order valence-electron chi connectivity index (χ2n) is 4.12. The van der Waals surface area contributed by atoms with Crippen molar-refractivity contribution < 1.29 is 0 Å². The summed E-state index contributed by atoms with van der Waals surface area (Å²) >= 11 is 5.84. The second kappa shape index (κ2) is 5.80. The molecule has 1 atom stereocenters. The van der Waals surface area contributed by atoms with E-state index in [0.29, 0.717) is 0 Å². The van der Waals surface area contributed by atoms with Crippen molar-refractivity contribution in [2.45, 2.75) is 18.9 Å². The number of nitrogens with two attached hydrogens (primary N) is 1. The minimum absolute atomic E-state index is 0.0890. The summed E-state index contributed by atoms with van der Waals surface area (Å²) in [5.74, 6) is 0. The first-order valence-corrected chi connectivity index (χ1v) is 6.02. The van der Waals surface area contributed by atoms with Crippen LogP contribution in [0.25, 0.3) is 0 Å². The Bertz CT molecular complexity index is 453. The summed E-state index contributed by atoms with van der Waals surface area (Å²) in [6.07, 6.45) is 3.43. The lowest BCUT2D eigenvalue weighted by molar-refractivity contribution is 0.654. The van der Waals surface area contributed by atoms with Gasteiger partial charge in [0.15, 0.2) is 0 Å². The Balaban J connectivity index is 1.93. The van der Waals surface area contributed by atoms with Crippen LogP contribution in [0.4, 0.5) is 0 Å². The molecule has 0 saturated carbocycles. The van der Waals surface area contributed by atoms with Gasteiger partial charge in [-0.3, -0.25) is 4.98 Å². The van der Waals surface area contributed by atoms with E-state index in [0.717, 1.165) is 23.6 Å². The predicted octanol–water partition coefficient (Wildman–Crippen LogP) is 2.85. The van der Waals surface area contributed by atoms with Gasteiger partial charge in [0, 0.05) is 29.4 Å². The van der Waals surface area contributed by atoms with E-state index in [1.54, 1.807) is 6.20 Å². The summed E-state index contributed by atoms with van der Waals surface area (Å²) in [6.45, 7) is 0. The Morgan fingerprint density at radius 2 is 1.82 bits per heavy atom. The van der Waals surface area contributed by atoms with Gasteiger partial charge in [-0.05, 0) is 36.2 Å². The number of aromatic nitrogens is 1. The third-order valence-corrected chi connectivity index (χ3v) is 2.86. The van der Waals surface area contributed by atoms with Gasteiger partial charge in [0.25, 0.3) is 0 Å². The maximum atomic E-state index is 6.10. The molecule has 0 aliphatic rings. The lowest BCUT2D eigenvalue weighted by Crippen LogP contribution is -2.25. The largest absolute Gasteiger partial charge is 0.327 e. The molecule has 2 rings (SSSR count). The lowest BCUT2D eigenvalue weighted by Gasteiger charge is -2.11. The third-order valence-electron chi connectivity index (χ3n) is 2.61. The van der Waals surface area contributed by atoms with Gasteiger partial charge in [-0.15, -0.1) is 0 Å². The van der Waals surface area contributed by atoms with E-state index in [-0.39, 0.29) is 6.04 Å². The van der Waals surface area contributed by atoms with Crippen LogP contribution in [0.2, 0.25) is 5.02 Å². The molecule has 3 heteroatoms. The molecule has 0 amide bonds. The molecule has 0 aliphatic carbocycles. The van der Waals surface area contributed by atoms with Gasteiger partial charge >= 0.3 is 0 Å². The summed E-state index contributed by atoms with van der Waals surface area (Å²) in [5.41, 5.74) is 8.35. The molecule has 0 radical (unpaired) electrons. The number of hydrogen-bond acceptors (Lipinski definition) is 2. The van der Waals surface area contributed by atoms with E-state index in [1.165, 1.54) is 5.56 Å². The van der Waals surface area contributed by atoms with Crippen molar-refractivity contribution in [2.75, 3.05) is 0 Å². The standard InChI is InChI=1S/C14H15ClN2/c15-12-6-4-11(5-7-12)9-13(16)10-14-3-1-2-8-17-14/h1-8,13H,9-10,16H2. The fourth-order valence-corrected chi connectivity index (χ4v) is 1.91. The molecule has 1 heterocycles. The highest BCUT2D eigenvalue weighted by Crippen LogP contribution is 2.11. The highest BCUT2D eigenvalue weighted by molar-refractivity contribution is 6.30. The molecule has 2 nitrogen and oxygen atoms in total. The maximum absolute atomic E-state index is 6.10. The number of hydrogen-bond donors (Lipinski definition) is 1. The Morgan fingerprint density at radius 1 is 1.06 bits per heavy atom. The van der Waals surface area contributed by atoms with Crippen LogP contribution in [0.15, 0.2) is 48.7 Å². The summed E-state index contributed by atoms with van der Waals surface area (Å²) in [7, 11) is 0. The highest BCUT2D eigenvalue weighted by Gasteiger charge is 2.06. The first-order valence-electron chi connectivity index (χ1n) is 5.64. The molecule has 0 bridgehead atoms. The van der Waals surface area contributed by atoms with Crippen molar-refractivity contribution in [1.29, 1.82) is 0 Å². The van der Waals surface area contributed by atoms with Crippen LogP contribution in [0, 0.1) is 0 Å². The van der Waals surface area contributed by atoms with E-state index in [9.17, 15) is 0 Å². The van der Waals surface area contributed by atoms with E-state index in [2.05, 4.69) is 4.98 Å². The van der Waals surface area contributed by atoms with Gasteiger partial charge < -0.3 is 5.73 Å². The summed E-state index contributed by atoms with van der Waals surface area (Å²) in [5, 5.41) is 0.757. The Hall–Kier alpha value is -1.38. The quantitative estimate of drug-likeness (QED) is 0.901. The van der Waals surface area contributed by atoms with Crippen molar-refractivity contribution in [3.05, 3.63) is 64.9 Å². The average molecular weight is 247 g/mol. The first kappa shape index (κ1) is 12.1. The van der Waals surface area contributed by atoms with Crippen LogP contribution < -0.4 is 5.73 Å². The van der Waals surface area contributed by atoms with Gasteiger partial charge in [0.1, 0.15) is 0 Å². The summed E-state index contributed by atoms with van der Waals surface area (Å²) in [6, 6.07) is 13.8. The Morgan fingerprint density at radius 3 is 2.47 bits per heavy atom. The Labute approximate surface area is 106 Å². The molecule has 88 valence electrons. The molecule has 0 spiro atoms. The van der Waals surface area contributed by atoms with Crippen LogP contribution in [0.1, 0.15) is 11.3 Å². The average Bonchev–Trinajstić information content (AvgIpc) is 2.33. The fourth-order valence-electron chi connectivity index (χ4n) is 1.78. The number of halogens is 1. The first-order chi connectivity index (χ1) is 8.24. The molecule has 2 N–H and O–H groups in total. The smallest absolute Gasteiger partial charge is 0.0419 e. The molecule has 0 saturated heterocycles. The monoisotopic (exact) mass is 246 g/mol. The molecular formula is C14H15ClN2. The number of rotatable bonds is 4. The topological polar surface area (TPSA) is 38.9 Å². The zero-order valence-corrected chi connectivity index (χ0v) is 10.3. The number of pyridine rings is 1. The molecule has 17 heavy (non-hydrogen) atoms. The van der Waals surface area contributed by atoms with E-state index < -0.39 is 0 Å². The molecular weight excluding hydrogens is 232 g/mol. The third kappa shape index (κ3) is 3.84. The normalized spacial score (nSPS) is 12.4. The van der Waals surface area contributed by atoms with Crippen LogP contribution >= 0.6 is 11.6 Å². The molecule has 1 unspecified atom stereocenters. The summed E-state index contributed by atoms with van der Waals surface area (Å²) < 4.78 is 0. The van der Waals surface area contributed by atoms with E-state index in [4.69, 9.17) is 17.3 Å². The van der Waals surface area contributed by atoms with Crippen LogP contribution in [-0.4, -0.2) is 11.0 Å². The zero-order chi connectivity index (χ0) is 12.1. The van der Waals surface area contributed by atoms with Gasteiger partial charge in [0.2, 0.25) is 0 Å². The van der Waals surface area contributed by atoms with Gasteiger partial charge in [0.05, 0.1) is 0 Å². The SMILES string of the molecule is NC(Cc1ccc(Cl)cc1)Cc1ccccn1. The minimum atomic E-state index is 0.0890. The number of benzene rings is 1. The number of nitrogens with zero attached hydrogens (tertiary/aromatic N) is 1.